The summed E-state index contributed by atoms with van der Waals surface area (Å²) in [6, 6.07) is 0. The molecule has 0 aromatic carbocycles. The zero-order valence-corrected chi connectivity index (χ0v) is 8.70. The molecule has 0 atom stereocenters. The minimum Gasteiger partial charge on any atom is -0.382 e. The van der Waals surface area contributed by atoms with Gasteiger partial charge in [-0.05, 0) is 0 Å². The lowest BCUT2D eigenvalue weighted by Crippen LogP contribution is -2.39. The summed E-state index contributed by atoms with van der Waals surface area (Å²) >= 11 is 0. The van der Waals surface area contributed by atoms with Gasteiger partial charge in [-0.1, -0.05) is 0 Å². The second kappa shape index (κ2) is 4.99. The monoisotopic (exact) mass is 211 g/mol. The van der Waals surface area contributed by atoms with Crippen molar-refractivity contribution in [1.29, 1.82) is 0 Å². The Morgan fingerprint density at radius 3 is 3.00 bits per heavy atom. The van der Waals surface area contributed by atoms with Crippen LogP contribution in [0.5, 0.6) is 0 Å². The summed E-state index contributed by atoms with van der Waals surface area (Å²) in [5.41, 5.74) is 6.52. The number of aromatic nitrogens is 2. The van der Waals surface area contributed by atoms with Crippen LogP contribution in [0.4, 0.5) is 11.5 Å². The third kappa shape index (κ3) is 2.84. The average Bonchev–Trinajstić information content (AvgIpc) is 2.66. The molecule has 1 aromatic rings. The van der Waals surface area contributed by atoms with Crippen LogP contribution in [0.2, 0.25) is 0 Å². The topological polar surface area (TPSA) is 79.2 Å². The lowest BCUT2D eigenvalue weighted by atomic mass is 10.4. The quantitative estimate of drug-likeness (QED) is 0.639. The molecular formula is C9H17N5O. The molecule has 2 rings (SSSR count). The standard InChI is InChI=1S/C9H17N5O/c10-9-8(7-12-13-9)11-1-2-14-3-5-15-6-4-14/h7,11H,1-6H2,(H3,10,12,13). The van der Waals surface area contributed by atoms with E-state index in [1.807, 2.05) is 0 Å². The Morgan fingerprint density at radius 2 is 2.33 bits per heavy atom. The Kier molecular flexibility index (Phi) is 3.41. The summed E-state index contributed by atoms with van der Waals surface area (Å²) in [4.78, 5) is 2.37. The molecule has 1 aromatic heterocycles. The fraction of sp³-hybridized carbons (Fsp3) is 0.667. The van der Waals surface area contributed by atoms with Gasteiger partial charge in [-0.15, -0.1) is 0 Å². The minimum atomic E-state index is 0.594. The Hall–Kier alpha value is -1.27. The van der Waals surface area contributed by atoms with E-state index in [4.69, 9.17) is 10.5 Å². The van der Waals surface area contributed by atoms with E-state index in [1.165, 1.54) is 0 Å². The maximum absolute atomic E-state index is 5.65. The van der Waals surface area contributed by atoms with Crippen LogP contribution in [0.3, 0.4) is 0 Å². The lowest BCUT2D eigenvalue weighted by molar-refractivity contribution is 0.0398. The smallest absolute Gasteiger partial charge is 0.142 e. The van der Waals surface area contributed by atoms with Gasteiger partial charge in [0.2, 0.25) is 0 Å². The number of hydrogen-bond acceptors (Lipinski definition) is 5. The van der Waals surface area contributed by atoms with Crippen molar-refractivity contribution in [2.75, 3.05) is 50.4 Å². The molecule has 84 valence electrons. The van der Waals surface area contributed by atoms with Crippen LogP contribution in [0.15, 0.2) is 6.20 Å². The first-order valence-electron chi connectivity index (χ1n) is 5.19. The van der Waals surface area contributed by atoms with Crippen LogP contribution in [0.1, 0.15) is 0 Å². The molecule has 0 radical (unpaired) electrons. The number of hydrogen-bond donors (Lipinski definition) is 3. The molecule has 15 heavy (non-hydrogen) atoms. The third-order valence-electron chi connectivity index (χ3n) is 2.52. The summed E-state index contributed by atoms with van der Waals surface area (Å²) in [5.74, 6) is 0.594. The van der Waals surface area contributed by atoms with Gasteiger partial charge in [0.15, 0.2) is 0 Å². The van der Waals surface area contributed by atoms with Crippen molar-refractivity contribution in [3.63, 3.8) is 0 Å². The molecule has 0 amide bonds. The summed E-state index contributed by atoms with van der Waals surface area (Å²) in [6.07, 6.45) is 1.70. The number of nitrogens with zero attached hydrogens (tertiary/aromatic N) is 2. The lowest BCUT2D eigenvalue weighted by Gasteiger charge is -2.26. The summed E-state index contributed by atoms with van der Waals surface area (Å²) in [6.45, 7) is 5.60. The molecule has 0 bridgehead atoms. The number of aromatic amines is 1. The molecule has 1 aliphatic rings. The fourth-order valence-electron chi connectivity index (χ4n) is 1.61. The number of anilines is 2. The zero-order valence-electron chi connectivity index (χ0n) is 8.70. The van der Waals surface area contributed by atoms with Gasteiger partial charge in [-0.3, -0.25) is 10.00 Å². The molecule has 0 spiro atoms. The van der Waals surface area contributed by atoms with Gasteiger partial charge in [0.1, 0.15) is 5.82 Å². The van der Waals surface area contributed by atoms with Gasteiger partial charge in [-0.2, -0.15) is 5.10 Å². The first-order valence-corrected chi connectivity index (χ1v) is 5.19. The summed E-state index contributed by atoms with van der Waals surface area (Å²) < 4.78 is 5.27. The third-order valence-corrected chi connectivity index (χ3v) is 2.52. The SMILES string of the molecule is Nc1[nH]ncc1NCCN1CCOCC1. The van der Waals surface area contributed by atoms with Gasteiger partial charge in [0.05, 0.1) is 25.1 Å². The van der Waals surface area contributed by atoms with Crippen molar-refractivity contribution in [2.45, 2.75) is 0 Å². The number of morpholine rings is 1. The van der Waals surface area contributed by atoms with E-state index < -0.39 is 0 Å². The van der Waals surface area contributed by atoms with Crippen molar-refractivity contribution >= 4 is 11.5 Å². The highest BCUT2D eigenvalue weighted by Crippen LogP contribution is 2.11. The van der Waals surface area contributed by atoms with E-state index in [2.05, 4.69) is 20.4 Å². The van der Waals surface area contributed by atoms with E-state index in [9.17, 15) is 0 Å². The van der Waals surface area contributed by atoms with Crippen LogP contribution in [0, 0.1) is 0 Å². The molecule has 0 aliphatic carbocycles. The number of rotatable bonds is 4. The predicted molar refractivity (Wildman–Crippen MR) is 58.7 cm³/mol. The van der Waals surface area contributed by atoms with E-state index >= 15 is 0 Å². The fourth-order valence-corrected chi connectivity index (χ4v) is 1.61. The van der Waals surface area contributed by atoms with Crippen molar-refractivity contribution in [2.24, 2.45) is 0 Å². The maximum atomic E-state index is 5.65. The molecule has 4 N–H and O–H groups in total. The normalized spacial score (nSPS) is 17.9. The molecular weight excluding hydrogens is 194 g/mol. The molecule has 0 saturated carbocycles. The van der Waals surface area contributed by atoms with Crippen LogP contribution >= 0.6 is 0 Å². The number of nitrogen functional groups attached to an aromatic ring is 1. The zero-order chi connectivity index (χ0) is 10.5. The summed E-state index contributed by atoms with van der Waals surface area (Å²) in [5, 5.41) is 9.77. The second-order valence-electron chi connectivity index (χ2n) is 3.58. The molecule has 1 aliphatic heterocycles. The van der Waals surface area contributed by atoms with Gasteiger partial charge in [0.25, 0.3) is 0 Å². The average molecular weight is 211 g/mol. The van der Waals surface area contributed by atoms with E-state index in [0.717, 1.165) is 45.1 Å². The minimum absolute atomic E-state index is 0.594. The van der Waals surface area contributed by atoms with Crippen LogP contribution in [-0.4, -0.2) is 54.5 Å². The molecule has 6 heteroatoms. The van der Waals surface area contributed by atoms with Crippen LogP contribution in [-0.2, 0) is 4.74 Å². The van der Waals surface area contributed by atoms with Gasteiger partial charge in [0, 0.05) is 26.2 Å². The van der Waals surface area contributed by atoms with Crippen molar-refractivity contribution in [1.82, 2.24) is 15.1 Å². The first kappa shape index (κ1) is 10.3. The van der Waals surface area contributed by atoms with E-state index in [-0.39, 0.29) is 0 Å². The Morgan fingerprint density at radius 1 is 1.53 bits per heavy atom. The van der Waals surface area contributed by atoms with Crippen molar-refractivity contribution < 1.29 is 4.74 Å². The van der Waals surface area contributed by atoms with Gasteiger partial charge >= 0.3 is 0 Å². The molecule has 0 unspecified atom stereocenters. The van der Waals surface area contributed by atoms with E-state index in [1.54, 1.807) is 6.20 Å². The molecule has 1 fully saturated rings. The largest absolute Gasteiger partial charge is 0.382 e. The molecule has 2 heterocycles. The highest BCUT2D eigenvalue weighted by molar-refractivity contribution is 5.59. The Balaban J connectivity index is 1.68. The maximum Gasteiger partial charge on any atom is 0.142 e. The predicted octanol–water partition coefficient (Wildman–Crippen LogP) is -0.264. The molecule has 6 nitrogen and oxygen atoms in total. The first-order chi connectivity index (χ1) is 7.36. The van der Waals surface area contributed by atoms with Crippen LogP contribution in [0.25, 0.3) is 0 Å². The Labute approximate surface area is 88.8 Å². The highest BCUT2D eigenvalue weighted by Gasteiger charge is 2.09. The van der Waals surface area contributed by atoms with Gasteiger partial charge < -0.3 is 15.8 Å². The van der Waals surface area contributed by atoms with E-state index in [0.29, 0.717) is 5.82 Å². The number of nitrogens with two attached hydrogens (primary N) is 1. The second-order valence-corrected chi connectivity index (χ2v) is 3.58. The highest BCUT2D eigenvalue weighted by atomic mass is 16.5. The van der Waals surface area contributed by atoms with Crippen LogP contribution < -0.4 is 11.1 Å². The number of H-pyrrole nitrogens is 1. The van der Waals surface area contributed by atoms with Gasteiger partial charge in [-0.25, -0.2) is 0 Å². The Bertz CT molecular complexity index is 294. The number of ether oxygens (including phenoxy) is 1. The molecule has 1 saturated heterocycles. The van der Waals surface area contributed by atoms with Crippen molar-refractivity contribution in [3.05, 3.63) is 6.20 Å². The van der Waals surface area contributed by atoms with Crippen molar-refractivity contribution in [3.8, 4) is 0 Å². The number of nitrogens with one attached hydrogen (secondary N) is 2. The summed E-state index contributed by atoms with van der Waals surface area (Å²) in [7, 11) is 0.